The van der Waals surface area contributed by atoms with Gasteiger partial charge in [0.2, 0.25) is 5.78 Å². The van der Waals surface area contributed by atoms with Gasteiger partial charge in [0.05, 0.1) is 10.9 Å². The van der Waals surface area contributed by atoms with Crippen molar-refractivity contribution in [3.8, 4) is 0 Å². The molecule has 0 aliphatic heterocycles. The molecule has 6 nitrogen and oxygen atoms in total. The van der Waals surface area contributed by atoms with E-state index in [0.29, 0.717) is 30.9 Å². The Morgan fingerprint density at radius 2 is 1.83 bits per heavy atom. The van der Waals surface area contributed by atoms with E-state index in [1.54, 1.807) is 16.3 Å². The molecule has 0 aliphatic rings. The van der Waals surface area contributed by atoms with E-state index in [1.165, 1.54) is 16.7 Å². The lowest BCUT2D eigenvalue weighted by Crippen LogP contribution is -2.24. The number of benzene rings is 2. The minimum absolute atomic E-state index is 0.0344. The third-order valence-corrected chi connectivity index (χ3v) is 6.00. The molecule has 0 N–H and O–H groups in total. The van der Waals surface area contributed by atoms with Crippen LogP contribution in [0.3, 0.4) is 0 Å². The Kier molecular flexibility index (Phi) is 6.20. The van der Waals surface area contributed by atoms with Gasteiger partial charge in [-0.3, -0.25) is 13.8 Å². The molecule has 0 bridgehead atoms. The van der Waals surface area contributed by atoms with Crippen LogP contribution in [0.1, 0.15) is 30.0 Å². The lowest BCUT2D eigenvalue weighted by molar-refractivity contribution is 0.141. The van der Waals surface area contributed by atoms with Crippen molar-refractivity contribution < 1.29 is 4.74 Å². The molecule has 0 unspecified atom stereocenters. The summed E-state index contributed by atoms with van der Waals surface area (Å²) in [6.45, 7) is 8.03. The minimum Gasteiger partial charge on any atom is -0.382 e. The van der Waals surface area contributed by atoms with Gasteiger partial charge in [0.25, 0.3) is 5.56 Å². The van der Waals surface area contributed by atoms with Gasteiger partial charge in [-0.25, -0.2) is 0 Å². The molecular formula is C23H26N4O2S. The van der Waals surface area contributed by atoms with Crippen molar-refractivity contribution in [1.29, 1.82) is 0 Å². The molecule has 4 aromatic rings. The molecule has 0 radical (unpaired) electrons. The number of para-hydroxylation sites is 1. The smallest absolute Gasteiger partial charge is 0.262 e. The molecule has 0 fully saturated rings. The molecule has 2 heterocycles. The van der Waals surface area contributed by atoms with Crippen LogP contribution in [0.5, 0.6) is 0 Å². The fourth-order valence-electron chi connectivity index (χ4n) is 3.80. The quantitative estimate of drug-likeness (QED) is 0.311. The summed E-state index contributed by atoms with van der Waals surface area (Å²) >= 11 is 1.64. The van der Waals surface area contributed by atoms with Crippen LogP contribution in [0, 0.1) is 13.8 Å². The van der Waals surface area contributed by atoms with Gasteiger partial charge in [-0.05, 0) is 44.9 Å². The highest BCUT2D eigenvalue weighted by molar-refractivity contribution is 7.98. The largest absolute Gasteiger partial charge is 0.382 e. The van der Waals surface area contributed by atoms with Crippen molar-refractivity contribution >= 4 is 28.4 Å². The Hall–Kier alpha value is -2.64. The van der Waals surface area contributed by atoms with Crippen LogP contribution in [-0.4, -0.2) is 32.4 Å². The lowest BCUT2D eigenvalue weighted by atomic mass is 10.1. The van der Waals surface area contributed by atoms with E-state index in [0.717, 1.165) is 22.8 Å². The maximum atomic E-state index is 13.1. The number of ether oxygens (including phenoxy) is 1. The number of aryl methyl sites for hydroxylation is 3. The average Bonchev–Trinajstić information content (AvgIpc) is 3.15. The Morgan fingerprint density at radius 1 is 1.07 bits per heavy atom. The first-order chi connectivity index (χ1) is 14.6. The molecule has 2 aromatic carbocycles. The van der Waals surface area contributed by atoms with Crippen LogP contribution in [-0.2, 0) is 17.0 Å². The zero-order valence-corrected chi connectivity index (χ0v) is 18.4. The van der Waals surface area contributed by atoms with Crippen LogP contribution in [0.4, 0.5) is 0 Å². The zero-order valence-electron chi connectivity index (χ0n) is 17.6. The molecule has 4 rings (SSSR count). The van der Waals surface area contributed by atoms with E-state index in [-0.39, 0.29) is 5.56 Å². The van der Waals surface area contributed by atoms with Gasteiger partial charge >= 0.3 is 0 Å². The van der Waals surface area contributed by atoms with E-state index in [4.69, 9.17) is 4.74 Å². The predicted octanol–water partition coefficient (Wildman–Crippen LogP) is 4.38. The van der Waals surface area contributed by atoms with E-state index in [9.17, 15) is 4.79 Å². The van der Waals surface area contributed by atoms with Crippen molar-refractivity contribution in [3.05, 3.63) is 69.5 Å². The second kappa shape index (κ2) is 9.02. The maximum absolute atomic E-state index is 13.1. The summed E-state index contributed by atoms with van der Waals surface area (Å²) < 4.78 is 9.17. The van der Waals surface area contributed by atoms with Crippen LogP contribution >= 0.6 is 11.8 Å². The van der Waals surface area contributed by atoms with Gasteiger partial charge in [-0.1, -0.05) is 53.2 Å². The van der Waals surface area contributed by atoms with E-state index < -0.39 is 0 Å². The highest BCUT2D eigenvalue weighted by Crippen LogP contribution is 2.25. The first-order valence-corrected chi connectivity index (χ1v) is 11.2. The normalized spacial score (nSPS) is 11.6. The number of hydrogen-bond acceptors (Lipinski definition) is 5. The molecule has 2 aromatic heterocycles. The topological polar surface area (TPSA) is 61.4 Å². The predicted molar refractivity (Wildman–Crippen MR) is 121 cm³/mol. The van der Waals surface area contributed by atoms with Crippen molar-refractivity contribution in [2.24, 2.45) is 0 Å². The minimum atomic E-state index is -0.0344. The number of nitrogens with zero attached hydrogens (tertiary/aromatic N) is 4. The summed E-state index contributed by atoms with van der Waals surface area (Å²) in [4.78, 5) is 13.1. The summed E-state index contributed by atoms with van der Waals surface area (Å²) in [5, 5.41) is 10.3. The summed E-state index contributed by atoms with van der Waals surface area (Å²) in [5.74, 6) is 1.37. The number of thioether (sulfide) groups is 1. The molecule has 156 valence electrons. The number of fused-ring (bicyclic) bond motifs is 3. The standard InChI is InChI=1S/C23H26N4O2S/c1-4-29-11-7-10-26-21(28)19-8-5-6-9-20(19)27-22(26)24-25-23(27)30-15-18-13-16(2)12-17(3)14-18/h5-6,8-9,12-14H,4,7,10-11,15H2,1-3H3. The third-order valence-electron chi connectivity index (χ3n) is 5.00. The van der Waals surface area contributed by atoms with Gasteiger partial charge < -0.3 is 4.74 Å². The summed E-state index contributed by atoms with van der Waals surface area (Å²) in [5.41, 5.74) is 4.57. The number of aromatic nitrogens is 4. The zero-order chi connectivity index (χ0) is 21.1. The molecule has 0 aliphatic carbocycles. The Morgan fingerprint density at radius 3 is 2.60 bits per heavy atom. The first-order valence-electron chi connectivity index (χ1n) is 10.2. The van der Waals surface area contributed by atoms with Crippen molar-refractivity contribution in [2.75, 3.05) is 13.2 Å². The Bertz CT molecular complexity index is 1230. The van der Waals surface area contributed by atoms with Gasteiger partial charge in [0, 0.05) is 25.5 Å². The monoisotopic (exact) mass is 422 g/mol. The van der Waals surface area contributed by atoms with Crippen LogP contribution in [0.2, 0.25) is 0 Å². The first kappa shape index (κ1) is 20.6. The molecule has 0 saturated carbocycles. The van der Waals surface area contributed by atoms with E-state index in [2.05, 4.69) is 42.2 Å². The summed E-state index contributed by atoms with van der Waals surface area (Å²) in [6.07, 6.45) is 0.750. The maximum Gasteiger partial charge on any atom is 0.262 e. The number of rotatable bonds is 8. The molecule has 30 heavy (non-hydrogen) atoms. The van der Waals surface area contributed by atoms with Gasteiger partial charge in [-0.15, -0.1) is 10.2 Å². The number of hydrogen-bond donors (Lipinski definition) is 0. The summed E-state index contributed by atoms with van der Waals surface area (Å²) in [6, 6.07) is 14.2. The van der Waals surface area contributed by atoms with E-state index in [1.807, 2.05) is 35.6 Å². The van der Waals surface area contributed by atoms with Crippen molar-refractivity contribution in [2.45, 2.75) is 44.6 Å². The second-order valence-electron chi connectivity index (χ2n) is 7.43. The fraction of sp³-hybridized carbons (Fsp3) is 0.348. The van der Waals surface area contributed by atoms with E-state index >= 15 is 0 Å². The van der Waals surface area contributed by atoms with Gasteiger partial charge in [0.15, 0.2) is 5.16 Å². The molecule has 0 spiro atoms. The fourth-order valence-corrected chi connectivity index (χ4v) is 4.67. The van der Waals surface area contributed by atoms with Gasteiger partial charge in [0.1, 0.15) is 0 Å². The highest BCUT2D eigenvalue weighted by Gasteiger charge is 2.16. The highest BCUT2D eigenvalue weighted by atomic mass is 32.2. The van der Waals surface area contributed by atoms with Crippen LogP contribution < -0.4 is 5.56 Å². The van der Waals surface area contributed by atoms with Crippen molar-refractivity contribution in [1.82, 2.24) is 19.2 Å². The molecule has 0 amide bonds. The van der Waals surface area contributed by atoms with Crippen LogP contribution in [0.25, 0.3) is 16.7 Å². The van der Waals surface area contributed by atoms with Crippen molar-refractivity contribution in [3.63, 3.8) is 0 Å². The Labute approximate surface area is 179 Å². The third kappa shape index (κ3) is 4.13. The molecule has 0 saturated heterocycles. The molecule has 0 atom stereocenters. The van der Waals surface area contributed by atoms with Crippen LogP contribution in [0.15, 0.2) is 52.4 Å². The average molecular weight is 423 g/mol. The molecular weight excluding hydrogens is 396 g/mol. The van der Waals surface area contributed by atoms with Gasteiger partial charge in [-0.2, -0.15) is 0 Å². The molecule has 7 heteroatoms. The lowest BCUT2D eigenvalue weighted by Gasteiger charge is -2.11. The Balaban J connectivity index is 1.74. The summed E-state index contributed by atoms with van der Waals surface area (Å²) in [7, 11) is 0. The SMILES string of the molecule is CCOCCCn1c(=O)c2ccccc2n2c(SCc3cc(C)cc(C)c3)nnc12. The second-order valence-corrected chi connectivity index (χ2v) is 8.37.